The van der Waals surface area contributed by atoms with E-state index in [0.29, 0.717) is 31.1 Å². The van der Waals surface area contributed by atoms with Gasteiger partial charge in [-0.05, 0) is 121 Å². The molecule has 9 aliphatic rings. The van der Waals surface area contributed by atoms with Crippen LogP contribution in [-0.2, 0) is 55.9 Å². The van der Waals surface area contributed by atoms with Crippen molar-refractivity contribution in [2.24, 2.45) is 11.8 Å². The van der Waals surface area contributed by atoms with Gasteiger partial charge in [0.25, 0.3) is 5.24 Å². The molecule has 6 bridgehead atoms. The summed E-state index contributed by atoms with van der Waals surface area (Å²) in [5.41, 5.74) is 3.51. The molecule has 4 N–H and O–H groups in total. The summed E-state index contributed by atoms with van der Waals surface area (Å²) >= 11 is 10.7. The summed E-state index contributed by atoms with van der Waals surface area (Å²) in [5.74, 6) is -0.509. The van der Waals surface area contributed by atoms with E-state index >= 15 is 0 Å². The van der Waals surface area contributed by atoms with Crippen molar-refractivity contribution in [3.63, 3.8) is 0 Å². The number of amides is 3. The monoisotopic (exact) mass is 1200 g/mol. The summed E-state index contributed by atoms with van der Waals surface area (Å²) in [7, 11) is 0. The maximum atomic E-state index is 12.5. The lowest BCUT2D eigenvalue weighted by Crippen LogP contribution is -2.79. The van der Waals surface area contributed by atoms with Crippen molar-refractivity contribution >= 4 is 75.3 Å². The standard InChI is InChI=1S/C20H27NO3.C16H17NO5.C13H17ClO.C9H7ClO3.C7H11NO2/c1-13(2)9-16-5-7-17(8-6-16)14(3)18(23)24-20-10-19(11-20,12-20)21-15(4)22;1-10(18)17-15-7-16(8-15,9-15)22-14(20)12-5-3-4-6-13(12)21-11(2)19;1-9(2)8-11-4-6-12(7-5-11)10(3)13(14)15;1-6(11)13-8-5-3-2-4-7(8)9(10)12;1-5(9)8-6-2-7(10,3-6)4-6/h5-8,13-14H,9-12H2,1-4H3,(H,21,22);3-6H,7-9H2,1-2H3,(H,17,18);4-7,9-10H,8H2,1-3H3;2-5H,1H3;10H,2-4H2,1H3,(H,8,9). The van der Waals surface area contributed by atoms with Gasteiger partial charge in [0, 0.05) is 78.7 Å². The van der Waals surface area contributed by atoms with Crippen LogP contribution in [0.2, 0.25) is 0 Å². The summed E-state index contributed by atoms with van der Waals surface area (Å²) in [6, 6.07) is 29.2. The lowest BCUT2D eigenvalue weighted by molar-refractivity contribution is -0.243. The van der Waals surface area contributed by atoms with Crippen molar-refractivity contribution in [3.05, 3.63) is 130 Å². The van der Waals surface area contributed by atoms with Crippen LogP contribution >= 0.6 is 23.2 Å². The number of benzene rings is 4. The minimum absolute atomic E-state index is 0.000579. The Hall–Kier alpha value is -6.95. The Bertz CT molecular complexity index is 3060. The molecule has 9 aliphatic carbocycles. The normalized spacial score (nSPS) is 25.0. The van der Waals surface area contributed by atoms with Gasteiger partial charge in [0.05, 0.1) is 34.1 Å². The van der Waals surface area contributed by atoms with Crippen LogP contribution < -0.4 is 25.4 Å². The first-order valence-electron chi connectivity index (χ1n) is 28.4. The Morgan fingerprint density at radius 1 is 0.476 bits per heavy atom. The van der Waals surface area contributed by atoms with E-state index < -0.39 is 34.4 Å². The third-order valence-electron chi connectivity index (χ3n) is 15.6. The fourth-order valence-corrected chi connectivity index (χ4v) is 12.5. The Morgan fingerprint density at radius 3 is 1.17 bits per heavy atom. The molecule has 0 saturated heterocycles. The van der Waals surface area contributed by atoms with Crippen LogP contribution in [0.25, 0.3) is 0 Å². The molecule has 3 amide bonds. The van der Waals surface area contributed by atoms with Gasteiger partial charge in [-0.3, -0.25) is 38.4 Å². The quantitative estimate of drug-likeness (QED) is 0.0436. The first-order valence-corrected chi connectivity index (χ1v) is 29.1. The molecule has 0 heterocycles. The fourth-order valence-electron chi connectivity index (χ4n) is 12.3. The highest BCUT2D eigenvalue weighted by Crippen LogP contribution is 2.64. The second-order valence-corrected chi connectivity index (χ2v) is 25.5. The number of halogens is 2. The SMILES string of the molecule is CC(=O)NC12CC(O)(C1)C2.CC(=O)NC12CC(OC(=O)C(C)c3ccc(CC(C)C)cc3)(C1)C2.CC(=O)NC12CC(OC(=O)c3ccccc3OC(C)=O)(C1)C2.CC(=O)Oc1ccccc1C(=O)Cl.CC(C)Cc1ccc(C(C)C(=O)Cl)cc1. The lowest BCUT2D eigenvalue weighted by Gasteiger charge is -2.68. The number of hydrogen-bond donors (Lipinski definition) is 4. The smallest absolute Gasteiger partial charge is 0.342 e. The van der Waals surface area contributed by atoms with Crippen LogP contribution in [0, 0.1) is 11.8 Å². The average Bonchev–Trinajstić information content (AvgIpc) is 0.795. The number of esters is 4. The second-order valence-electron chi connectivity index (χ2n) is 24.8. The molecule has 452 valence electrons. The number of ether oxygens (including phenoxy) is 4. The molecule has 17 nitrogen and oxygen atoms in total. The predicted molar refractivity (Wildman–Crippen MR) is 316 cm³/mol. The highest BCUT2D eigenvalue weighted by atomic mass is 35.5. The highest BCUT2D eigenvalue weighted by Gasteiger charge is 2.72. The predicted octanol–water partition coefficient (Wildman–Crippen LogP) is 10.5. The number of hydrogen-bond acceptors (Lipinski definition) is 14. The van der Waals surface area contributed by atoms with E-state index in [-0.39, 0.29) is 85.6 Å². The van der Waals surface area contributed by atoms with Gasteiger partial charge in [-0.15, -0.1) is 0 Å². The fraction of sp³-hybridized carbons (Fsp3) is 0.492. The van der Waals surface area contributed by atoms with Gasteiger partial charge in [0.1, 0.15) is 28.3 Å². The molecule has 0 aromatic heterocycles. The first kappa shape index (κ1) is 66.2. The summed E-state index contributed by atoms with van der Waals surface area (Å²) in [5, 5.41) is 17.1. The molecule has 0 radical (unpaired) electrons. The summed E-state index contributed by atoms with van der Waals surface area (Å²) in [6.07, 6.45) is 8.60. The van der Waals surface area contributed by atoms with E-state index in [2.05, 4.69) is 67.9 Å². The molecular formula is C65H79Cl2N3O14. The summed E-state index contributed by atoms with van der Waals surface area (Å²) in [6.45, 7) is 19.6. The Kier molecular flexibility index (Phi) is 21.2. The molecule has 84 heavy (non-hydrogen) atoms. The molecular weight excluding hydrogens is 1120 g/mol. The largest absolute Gasteiger partial charge is 0.458 e. The van der Waals surface area contributed by atoms with E-state index in [1.165, 1.54) is 57.9 Å². The number of carbonyl (C=O) groups excluding carboxylic acids is 9. The Balaban J connectivity index is 0.000000174. The van der Waals surface area contributed by atoms with Crippen molar-refractivity contribution in [2.45, 2.75) is 192 Å². The molecule has 0 spiro atoms. The van der Waals surface area contributed by atoms with Crippen molar-refractivity contribution in [1.82, 2.24) is 16.0 Å². The molecule has 4 aromatic rings. The van der Waals surface area contributed by atoms with E-state index in [9.17, 15) is 48.3 Å². The molecule has 9 saturated carbocycles. The number of carbonyl (C=O) groups is 9. The van der Waals surface area contributed by atoms with E-state index in [1.807, 2.05) is 38.1 Å². The lowest BCUT2D eigenvalue weighted by atomic mass is 9.46. The Morgan fingerprint density at radius 2 is 0.821 bits per heavy atom. The van der Waals surface area contributed by atoms with Crippen LogP contribution in [0.1, 0.15) is 189 Å². The average molecular weight is 1200 g/mol. The van der Waals surface area contributed by atoms with Crippen LogP contribution in [0.15, 0.2) is 97.1 Å². The van der Waals surface area contributed by atoms with E-state index in [4.69, 9.17) is 42.1 Å². The first-order chi connectivity index (χ1) is 39.2. The molecule has 4 aromatic carbocycles. The van der Waals surface area contributed by atoms with Crippen LogP contribution in [-0.4, -0.2) is 90.6 Å². The third kappa shape index (κ3) is 17.3. The van der Waals surface area contributed by atoms with Crippen LogP contribution in [0.3, 0.4) is 0 Å². The zero-order chi connectivity index (χ0) is 62.2. The van der Waals surface area contributed by atoms with Gasteiger partial charge in [-0.2, -0.15) is 0 Å². The van der Waals surface area contributed by atoms with Gasteiger partial charge < -0.3 is 40.0 Å². The maximum absolute atomic E-state index is 12.5. The van der Waals surface area contributed by atoms with Crippen LogP contribution in [0.4, 0.5) is 0 Å². The van der Waals surface area contributed by atoms with Crippen molar-refractivity contribution in [3.8, 4) is 11.5 Å². The topological polar surface area (TPSA) is 247 Å². The number of rotatable bonds is 17. The molecule has 2 atom stereocenters. The van der Waals surface area contributed by atoms with E-state index in [1.54, 1.807) is 36.4 Å². The van der Waals surface area contributed by atoms with Crippen molar-refractivity contribution in [2.75, 3.05) is 0 Å². The van der Waals surface area contributed by atoms with Crippen molar-refractivity contribution < 1.29 is 67.2 Å². The number of aliphatic hydroxyl groups is 1. The second kappa shape index (κ2) is 27.0. The van der Waals surface area contributed by atoms with Gasteiger partial charge in [-0.25, -0.2) is 4.79 Å². The molecule has 2 unspecified atom stereocenters. The number of para-hydroxylation sites is 2. The molecule has 0 aliphatic heterocycles. The highest BCUT2D eigenvalue weighted by molar-refractivity contribution is 6.68. The minimum atomic E-state index is -0.642. The van der Waals surface area contributed by atoms with Crippen LogP contribution in [0.5, 0.6) is 11.5 Å². The summed E-state index contributed by atoms with van der Waals surface area (Å²) < 4.78 is 21.1. The van der Waals surface area contributed by atoms with E-state index in [0.717, 1.165) is 62.5 Å². The van der Waals surface area contributed by atoms with Gasteiger partial charge in [0.2, 0.25) is 23.0 Å². The van der Waals surface area contributed by atoms with Gasteiger partial charge in [0.15, 0.2) is 0 Å². The van der Waals surface area contributed by atoms with Crippen molar-refractivity contribution in [1.29, 1.82) is 0 Å². The van der Waals surface area contributed by atoms with Gasteiger partial charge in [-0.1, -0.05) is 107 Å². The molecule has 19 heteroatoms. The molecule has 13 rings (SSSR count). The zero-order valence-electron chi connectivity index (χ0n) is 49.8. The number of nitrogens with one attached hydrogen (secondary N) is 3. The third-order valence-corrected chi connectivity index (χ3v) is 16.1. The minimum Gasteiger partial charge on any atom is -0.458 e. The van der Waals surface area contributed by atoms with Gasteiger partial charge >= 0.3 is 23.9 Å². The summed E-state index contributed by atoms with van der Waals surface area (Å²) in [4.78, 5) is 101. The zero-order valence-corrected chi connectivity index (χ0v) is 51.3. The molecule has 9 fully saturated rings. The Labute approximate surface area is 502 Å². The maximum Gasteiger partial charge on any atom is 0.342 e.